The Balaban J connectivity index is 1.28. The summed E-state index contributed by atoms with van der Waals surface area (Å²) in [5.41, 5.74) is 10.5. The summed E-state index contributed by atoms with van der Waals surface area (Å²) in [5.74, 6) is -2.44. The Hall–Kier alpha value is -5.57. The molecule has 3 aromatic rings. The zero-order valence-corrected chi connectivity index (χ0v) is 44.5. The highest BCUT2D eigenvalue weighted by Gasteiger charge is 2.45. The van der Waals surface area contributed by atoms with Crippen LogP contribution in [0.2, 0.25) is 0 Å². The quantitative estimate of drug-likeness (QED) is 0.0391. The number of hydroxylamine groups is 2. The van der Waals surface area contributed by atoms with Crippen molar-refractivity contribution >= 4 is 70.8 Å². The van der Waals surface area contributed by atoms with Gasteiger partial charge in [-0.15, -0.1) is 5.06 Å². The number of hydrogen-bond acceptors (Lipinski definition) is 11. The van der Waals surface area contributed by atoms with E-state index in [4.69, 9.17) is 4.84 Å². The van der Waals surface area contributed by atoms with E-state index in [1.807, 2.05) is 36.6 Å². The molecule has 1 saturated heterocycles. The molecule has 0 bridgehead atoms. The number of unbranched alkanes of at least 4 members (excludes halogenated alkanes) is 3. The minimum absolute atomic E-state index is 0.0175. The number of rotatable bonds is 21. The Labute approximate surface area is 429 Å². The second kappa shape index (κ2) is 22.1. The molecular formula is C54H66N3O13S3+. The van der Waals surface area contributed by atoms with Crippen LogP contribution < -0.4 is 4.90 Å². The Bertz CT molecular complexity index is 3190. The van der Waals surface area contributed by atoms with Crippen molar-refractivity contribution in [3.8, 4) is 0 Å². The molecule has 1 aliphatic carbocycles. The fraction of sp³-hybridized carbons (Fsp3) is 0.444. The minimum atomic E-state index is -4.53. The van der Waals surface area contributed by atoms with Crippen LogP contribution in [0.1, 0.15) is 133 Å². The Kier molecular flexibility index (Phi) is 16.7. The maximum absolute atomic E-state index is 12.6. The average molecular weight is 1060 g/mol. The van der Waals surface area contributed by atoms with Gasteiger partial charge in [0.2, 0.25) is 5.69 Å². The second-order valence-electron chi connectivity index (χ2n) is 20.4. The summed E-state index contributed by atoms with van der Waals surface area (Å²) in [7, 11) is -12.8. The van der Waals surface area contributed by atoms with Gasteiger partial charge in [0.05, 0.1) is 21.8 Å². The summed E-state index contributed by atoms with van der Waals surface area (Å²) in [6.45, 7) is 11.2. The van der Waals surface area contributed by atoms with Gasteiger partial charge in [-0.25, -0.2) is 4.79 Å². The molecule has 0 spiro atoms. The minimum Gasteiger partial charge on any atom is -0.344 e. The monoisotopic (exact) mass is 1060 g/mol. The van der Waals surface area contributed by atoms with Crippen molar-refractivity contribution in [2.24, 2.45) is 0 Å². The van der Waals surface area contributed by atoms with Gasteiger partial charge in [-0.2, -0.15) is 29.8 Å². The van der Waals surface area contributed by atoms with Crippen LogP contribution in [-0.4, -0.2) is 96.6 Å². The van der Waals surface area contributed by atoms with E-state index in [2.05, 4.69) is 74.2 Å². The van der Waals surface area contributed by atoms with E-state index in [0.29, 0.717) is 74.3 Å². The maximum atomic E-state index is 12.6. The number of carbonyl (C=O) groups excluding carboxylic acids is 3. The number of imide groups is 1. The van der Waals surface area contributed by atoms with Crippen LogP contribution in [0.15, 0.2) is 107 Å². The van der Waals surface area contributed by atoms with Gasteiger partial charge >= 0.3 is 5.97 Å². The topological polar surface area (TPSA) is 233 Å². The van der Waals surface area contributed by atoms with Crippen molar-refractivity contribution in [3.05, 3.63) is 130 Å². The lowest BCUT2D eigenvalue weighted by Gasteiger charge is -2.28. The van der Waals surface area contributed by atoms with Crippen LogP contribution in [0, 0.1) is 6.92 Å². The summed E-state index contributed by atoms with van der Waals surface area (Å²) in [6.07, 6.45) is 13.9. The molecule has 19 heteroatoms. The standard InChI is InChI=1S/C54H65N3O13S3/c1-37-20-24-45-43(34-37)53(2,3)47(55(45)30-8-10-32-71(61,62)63)26-21-39-16-13-17-40(52(39)41-18-12-15-38(35-41)14-6-7-19-51(60)70-57-49(58)28-29-50(57)59)22-27-48-54(4,5)44-36-42(73(67,68)69)23-25-46(44)56(48)31-9-11-33-72(64,65)66/h12,15,18,20-27,34-36H,6-11,13-14,16-17,19,28-33H2,1-5H3,(H2-,61,62,63,64,65,66,67,68,69)/p+1. The van der Waals surface area contributed by atoms with E-state index in [1.54, 1.807) is 6.07 Å². The van der Waals surface area contributed by atoms with E-state index in [1.165, 1.54) is 12.1 Å². The lowest BCUT2D eigenvalue weighted by Crippen LogP contribution is -2.31. The summed E-state index contributed by atoms with van der Waals surface area (Å²) < 4.78 is 102. The van der Waals surface area contributed by atoms with Gasteiger partial charge < -0.3 is 9.74 Å². The molecule has 3 aliphatic heterocycles. The molecular weight excluding hydrogens is 995 g/mol. The lowest BCUT2D eigenvalue weighted by molar-refractivity contribution is -0.438. The van der Waals surface area contributed by atoms with Gasteiger partial charge in [-0.1, -0.05) is 68.0 Å². The fourth-order valence-electron chi connectivity index (χ4n) is 10.5. The molecule has 73 heavy (non-hydrogen) atoms. The zero-order valence-electron chi connectivity index (χ0n) is 42.1. The smallest absolute Gasteiger partial charge is 0.333 e. The van der Waals surface area contributed by atoms with Gasteiger partial charge in [-0.3, -0.25) is 23.2 Å². The average Bonchev–Trinajstić information content (AvgIpc) is 3.82. The Morgan fingerprint density at radius 2 is 1.44 bits per heavy atom. The molecule has 4 aliphatic rings. The Morgan fingerprint density at radius 1 is 0.740 bits per heavy atom. The highest BCUT2D eigenvalue weighted by molar-refractivity contribution is 7.86. The third-order valence-electron chi connectivity index (χ3n) is 14.2. The third-order valence-corrected chi connectivity index (χ3v) is 16.7. The number of benzene rings is 3. The summed E-state index contributed by atoms with van der Waals surface area (Å²) in [4.78, 5) is 43.6. The van der Waals surface area contributed by atoms with Gasteiger partial charge in [0, 0.05) is 66.7 Å². The van der Waals surface area contributed by atoms with Crippen molar-refractivity contribution in [1.29, 1.82) is 0 Å². The molecule has 3 heterocycles. The molecule has 16 nitrogen and oxygen atoms in total. The molecule has 0 aromatic heterocycles. The molecule has 0 saturated carbocycles. The maximum Gasteiger partial charge on any atom is 0.333 e. The first kappa shape index (κ1) is 55.2. The van der Waals surface area contributed by atoms with E-state index < -0.39 is 64.7 Å². The number of anilines is 1. The summed E-state index contributed by atoms with van der Waals surface area (Å²) >= 11 is 0. The molecule has 1 fully saturated rings. The van der Waals surface area contributed by atoms with Crippen molar-refractivity contribution < 1.29 is 62.7 Å². The van der Waals surface area contributed by atoms with Gasteiger partial charge in [0.25, 0.3) is 42.2 Å². The normalized spacial score (nSPS) is 19.0. The molecule has 392 valence electrons. The predicted molar refractivity (Wildman–Crippen MR) is 279 cm³/mol. The molecule has 0 radical (unpaired) electrons. The molecule has 3 N–H and O–H groups in total. The molecule has 7 rings (SSSR count). The number of hydrogen-bond donors (Lipinski definition) is 3. The van der Waals surface area contributed by atoms with Crippen molar-refractivity contribution in [3.63, 3.8) is 0 Å². The molecule has 3 aromatic carbocycles. The summed E-state index contributed by atoms with van der Waals surface area (Å²) in [6, 6.07) is 19.1. The van der Waals surface area contributed by atoms with Crippen LogP contribution in [-0.2, 0) is 66.8 Å². The van der Waals surface area contributed by atoms with E-state index in [-0.39, 0.29) is 36.3 Å². The molecule has 0 atom stereocenters. The van der Waals surface area contributed by atoms with E-state index in [9.17, 15) is 53.3 Å². The highest BCUT2D eigenvalue weighted by atomic mass is 32.2. The highest BCUT2D eigenvalue weighted by Crippen LogP contribution is 2.49. The van der Waals surface area contributed by atoms with Crippen molar-refractivity contribution in [2.75, 3.05) is 29.5 Å². The molecule has 2 amide bonds. The third kappa shape index (κ3) is 13.2. The zero-order chi connectivity index (χ0) is 53.1. The predicted octanol–water partition coefficient (Wildman–Crippen LogP) is 9.08. The molecule has 0 unspecified atom stereocenters. The number of nitrogens with zero attached hydrogens (tertiary/aromatic N) is 3. The van der Waals surface area contributed by atoms with E-state index >= 15 is 0 Å². The Morgan fingerprint density at radius 3 is 2.12 bits per heavy atom. The summed E-state index contributed by atoms with van der Waals surface area (Å²) in [5, 5.41) is 0.561. The first-order chi connectivity index (χ1) is 34.2. The second-order valence-corrected chi connectivity index (χ2v) is 24.9. The fourth-order valence-corrected chi connectivity index (χ4v) is 12.1. The SMILES string of the molecule is Cc1ccc2c(c1)C(C)(C)C(=CC=C1CCCC(C=CC3=[N+](CCCCS(=O)(=O)O)c4ccc(S(=O)(=O)O)cc4C3(C)C)=C1c1cccc(CCCCC(=O)ON3C(=O)CCC3=O)c1)N2CCCCS(=O)(=O)O. The van der Waals surface area contributed by atoms with Gasteiger partial charge in [-0.05, 0) is 136 Å². The number of allylic oxidation sites excluding steroid dienone is 8. The van der Waals surface area contributed by atoms with Crippen LogP contribution in [0.5, 0.6) is 0 Å². The van der Waals surface area contributed by atoms with Crippen LogP contribution in [0.25, 0.3) is 5.57 Å². The number of fused-ring (bicyclic) bond motifs is 2. The van der Waals surface area contributed by atoms with E-state index in [0.717, 1.165) is 68.9 Å². The lowest BCUT2D eigenvalue weighted by atomic mass is 9.79. The van der Waals surface area contributed by atoms with Crippen LogP contribution in [0.4, 0.5) is 11.4 Å². The van der Waals surface area contributed by atoms with Crippen molar-refractivity contribution in [1.82, 2.24) is 5.06 Å². The number of carbonyl (C=O) groups is 3. The van der Waals surface area contributed by atoms with Crippen LogP contribution >= 0.6 is 0 Å². The van der Waals surface area contributed by atoms with Crippen LogP contribution in [0.3, 0.4) is 0 Å². The number of aryl methyl sites for hydroxylation is 2. The van der Waals surface area contributed by atoms with Gasteiger partial charge in [0.1, 0.15) is 6.54 Å². The number of amides is 2. The first-order valence-electron chi connectivity index (χ1n) is 24.8. The largest absolute Gasteiger partial charge is 0.344 e. The van der Waals surface area contributed by atoms with Gasteiger partial charge in [0.15, 0.2) is 5.71 Å². The van der Waals surface area contributed by atoms with Crippen molar-refractivity contribution in [2.45, 2.75) is 134 Å². The first-order valence-corrected chi connectivity index (χ1v) is 29.5.